The molecule has 1 heterocycles. The Bertz CT molecular complexity index is 827. The molecule has 7 amide bonds. The number of nitrogens with zero attached hydrogens (tertiary/aromatic N) is 4. The molecule has 38 heavy (non-hydrogen) atoms. The molecule has 0 aliphatic carbocycles. The Labute approximate surface area is 224 Å². The average molecular weight is 545 g/mol. The highest BCUT2D eigenvalue weighted by molar-refractivity contribution is 6.03. The molecule has 1 aliphatic rings. The molecule has 0 unspecified atom stereocenters. The number of morpholine rings is 1. The lowest BCUT2D eigenvalue weighted by atomic mass is 9.97. The number of urea groups is 2. The Morgan fingerprint density at radius 2 is 1.68 bits per heavy atom. The minimum absolute atomic E-state index is 0.111. The number of carbonyl (C=O) groups is 5. The number of imide groups is 2. The third-order valence-electron chi connectivity index (χ3n) is 6.22. The molecule has 4 N–H and O–H groups in total. The third-order valence-corrected chi connectivity index (χ3v) is 6.22. The van der Waals surface area contributed by atoms with Crippen LogP contribution in [0.5, 0.6) is 0 Å². The second-order valence-electron chi connectivity index (χ2n) is 9.97. The zero-order valence-corrected chi connectivity index (χ0v) is 23.4. The SMILES string of the molecule is CCCC(=O)N(C)[C@H](COCCN1CCOCC1)C(=O)N(C)[C@@H](CC(C)(C)O)C(=O)NC(=O)N(C)C(N)=O. The van der Waals surface area contributed by atoms with Crippen molar-refractivity contribution in [2.75, 3.05) is 67.2 Å². The highest BCUT2D eigenvalue weighted by Gasteiger charge is 2.38. The molecule has 0 aromatic rings. The Kier molecular flexibility index (Phi) is 13.6. The van der Waals surface area contributed by atoms with Crippen molar-refractivity contribution >= 4 is 29.8 Å². The number of hydrogen-bond acceptors (Lipinski definition) is 9. The van der Waals surface area contributed by atoms with Gasteiger partial charge >= 0.3 is 12.1 Å². The van der Waals surface area contributed by atoms with E-state index in [9.17, 15) is 29.1 Å². The fourth-order valence-corrected chi connectivity index (χ4v) is 3.77. The zero-order chi connectivity index (χ0) is 29.0. The molecule has 0 bridgehead atoms. The van der Waals surface area contributed by atoms with Crippen LogP contribution in [0.1, 0.15) is 40.0 Å². The monoisotopic (exact) mass is 544 g/mol. The minimum atomic E-state index is -1.40. The van der Waals surface area contributed by atoms with Crippen molar-refractivity contribution in [2.24, 2.45) is 5.73 Å². The number of nitrogens with one attached hydrogen (secondary N) is 1. The first kappa shape index (κ1) is 33.2. The highest BCUT2D eigenvalue weighted by Crippen LogP contribution is 2.18. The van der Waals surface area contributed by atoms with Crippen molar-refractivity contribution in [2.45, 2.75) is 57.7 Å². The van der Waals surface area contributed by atoms with Crippen LogP contribution in [0.25, 0.3) is 0 Å². The van der Waals surface area contributed by atoms with E-state index in [0.29, 0.717) is 37.7 Å². The topological polar surface area (TPSA) is 175 Å². The second-order valence-corrected chi connectivity index (χ2v) is 9.97. The lowest BCUT2D eigenvalue weighted by molar-refractivity contribution is -0.151. The number of primary amides is 1. The van der Waals surface area contributed by atoms with Gasteiger partial charge in [0.1, 0.15) is 12.1 Å². The predicted molar refractivity (Wildman–Crippen MR) is 138 cm³/mol. The molecular formula is C24H44N6O8. The van der Waals surface area contributed by atoms with Gasteiger partial charge in [0.05, 0.1) is 32.0 Å². The Morgan fingerprint density at radius 3 is 2.21 bits per heavy atom. The van der Waals surface area contributed by atoms with Gasteiger partial charge in [0.2, 0.25) is 11.8 Å². The molecular weight excluding hydrogens is 500 g/mol. The van der Waals surface area contributed by atoms with Gasteiger partial charge < -0.3 is 30.1 Å². The molecule has 0 aromatic carbocycles. The molecule has 0 saturated carbocycles. The lowest BCUT2D eigenvalue weighted by Gasteiger charge is -2.36. The number of hydrogen-bond donors (Lipinski definition) is 3. The number of rotatable bonds is 13. The van der Waals surface area contributed by atoms with E-state index in [1.807, 2.05) is 12.2 Å². The second kappa shape index (κ2) is 15.6. The van der Waals surface area contributed by atoms with Gasteiger partial charge in [0.15, 0.2) is 0 Å². The van der Waals surface area contributed by atoms with Crippen molar-refractivity contribution in [1.29, 1.82) is 0 Å². The maximum absolute atomic E-state index is 13.6. The summed E-state index contributed by atoms with van der Waals surface area (Å²) in [5, 5.41) is 12.4. The van der Waals surface area contributed by atoms with Crippen LogP contribution in [-0.2, 0) is 23.9 Å². The fourth-order valence-electron chi connectivity index (χ4n) is 3.77. The number of ether oxygens (including phenoxy) is 2. The van der Waals surface area contributed by atoms with E-state index in [0.717, 1.165) is 25.0 Å². The largest absolute Gasteiger partial charge is 0.390 e. The standard InChI is InChI=1S/C24H44N6O8/c1-7-8-19(31)27(4)18(16-38-14-11-30-9-12-37-13-10-30)21(33)28(5)17(15-24(2,3)36)20(32)26-23(35)29(6)22(25)34/h17-18,36H,7-16H2,1-6H3,(H2,25,34)(H,26,32,35)/t17-,18+/m0/s1. The molecule has 218 valence electrons. The van der Waals surface area contributed by atoms with Gasteiger partial charge in [0.25, 0.3) is 5.91 Å². The number of carbonyl (C=O) groups excluding carboxylic acids is 5. The average Bonchev–Trinajstić information content (AvgIpc) is 2.85. The molecule has 14 heteroatoms. The van der Waals surface area contributed by atoms with Gasteiger partial charge in [-0.15, -0.1) is 0 Å². The molecule has 1 fully saturated rings. The quantitative estimate of drug-likeness (QED) is 0.251. The van der Waals surface area contributed by atoms with E-state index in [-0.39, 0.29) is 25.4 Å². The first-order valence-electron chi connectivity index (χ1n) is 12.7. The Balaban J connectivity index is 3.07. The van der Waals surface area contributed by atoms with E-state index in [1.54, 1.807) is 0 Å². The number of nitrogens with two attached hydrogens (primary N) is 1. The van der Waals surface area contributed by atoms with Crippen LogP contribution in [0.15, 0.2) is 0 Å². The summed E-state index contributed by atoms with van der Waals surface area (Å²) in [6, 6.07) is -4.52. The summed E-state index contributed by atoms with van der Waals surface area (Å²) in [6.45, 7) is 8.43. The first-order valence-corrected chi connectivity index (χ1v) is 12.7. The summed E-state index contributed by atoms with van der Waals surface area (Å²) in [7, 11) is 3.93. The van der Waals surface area contributed by atoms with E-state index in [4.69, 9.17) is 15.2 Å². The molecule has 0 aromatic heterocycles. The van der Waals surface area contributed by atoms with Crippen molar-refractivity contribution in [3.8, 4) is 0 Å². The summed E-state index contributed by atoms with van der Waals surface area (Å²) in [5.74, 6) is -1.79. The lowest BCUT2D eigenvalue weighted by Crippen LogP contribution is -2.59. The van der Waals surface area contributed by atoms with Crippen LogP contribution in [-0.4, -0.2) is 139 Å². The van der Waals surface area contributed by atoms with E-state index in [2.05, 4.69) is 4.90 Å². The molecule has 0 spiro atoms. The fraction of sp³-hybridized carbons (Fsp3) is 0.792. The maximum Gasteiger partial charge on any atom is 0.331 e. The zero-order valence-electron chi connectivity index (χ0n) is 23.4. The van der Waals surface area contributed by atoms with E-state index < -0.39 is 41.6 Å². The van der Waals surface area contributed by atoms with Crippen LogP contribution < -0.4 is 11.1 Å². The number of likely N-dealkylation sites (N-methyl/N-ethyl adjacent to an activating group) is 2. The predicted octanol–water partition coefficient (Wildman–Crippen LogP) is -0.803. The summed E-state index contributed by atoms with van der Waals surface area (Å²) >= 11 is 0. The maximum atomic E-state index is 13.6. The van der Waals surface area contributed by atoms with Crippen LogP contribution in [0.4, 0.5) is 9.59 Å². The van der Waals surface area contributed by atoms with Crippen molar-refractivity contribution < 1.29 is 38.6 Å². The van der Waals surface area contributed by atoms with Gasteiger partial charge in [-0.2, -0.15) is 0 Å². The van der Waals surface area contributed by atoms with E-state index >= 15 is 0 Å². The van der Waals surface area contributed by atoms with E-state index in [1.165, 1.54) is 32.8 Å². The highest BCUT2D eigenvalue weighted by atomic mass is 16.5. The van der Waals surface area contributed by atoms with Crippen molar-refractivity contribution in [3.05, 3.63) is 0 Å². The Hall–Kier alpha value is -2.81. The Morgan fingerprint density at radius 1 is 1.08 bits per heavy atom. The van der Waals surface area contributed by atoms with Crippen LogP contribution >= 0.6 is 0 Å². The summed E-state index contributed by atoms with van der Waals surface area (Å²) in [4.78, 5) is 67.9. The van der Waals surface area contributed by atoms with Gasteiger partial charge in [-0.3, -0.25) is 24.6 Å². The smallest absolute Gasteiger partial charge is 0.331 e. The van der Waals surface area contributed by atoms with Crippen LogP contribution in [0.3, 0.4) is 0 Å². The van der Waals surface area contributed by atoms with Gasteiger partial charge in [0, 0.05) is 53.6 Å². The van der Waals surface area contributed by atoms with Gasteiger partial charge in [-0.25, -0.2) is 14.5 Å². The summed E-state index contributed by atoms with van der Waals surface area (Å²) in [5.41, 5.74) is 3.68. The molecule has 1 saturated heterocycles. The minimum Gasteiger partial charge on any atom is -0.390 e. The number of amides is 7. The van der Waals surface area contributed by atoms with Crippen LogP contribution in [0.2, 0.25) is 0 Å². The molecule has 0 radical (unpaired) electrons. The summed E-state index contributed by atoms with van der Waals surface area (Å²) < 4.78 is 11.1. The third kappa shape index (κ3) is 10.9. The van der Waals surface area contributed by atoms with Crippen molar-refractivity contribution in [3.63, 3.8) is 0 Å². The summed E-state index contributed by atoms with van der Waals surface area (Å²) in [6.07, 6.45) is 0.572. The van der Waals surface area contributed by atoms with Crippen LogP contribution in [0, 0.1) is 0 Å². The molecule has 1 rings (SSSR count). The van der Waals surface area contributed by atoms with Crippen molar-refractivity contribution in [1.82, 2.24) is 24.9 Å². The molecule has 2 atom stereocenters. The molecule has 1 aliphatic heterocycles. The van der Waals surface area contributed by atoms with Gasteiger partial charge in [-0.1, -0.05) is 6.92 Å². The number of aliphatic hydroxyl groups is 1. The van der Waals surface area contributed by atoms with Gasteiger partial charge in [-0.05, 0) is 20.3 Å². The first-order chi connectivity index (χ1) is 17.7. The normalized spacial score (nSPS) is 15.8. The molecule has 14 nitrogen and oxygen atoms in total.